The van der Waals surface area contributed by atoms with Crippen molar-refractivity contribution in [3.8, 4) is 6.07 Å². The second kappa shape index (κ2) is 10.4. The number of nitrogens with zero attached hydrogens (tertiary/aromatic N) is 2. The number of amides is 3. The van der Waals surface area contributed by atoms with Crippen LogP contribution in [0.5, 0.6) is 0 Å². The van der Waals surface area contributed by atoms with Crippen LogP contribution in [-0.4, -0.2) is 42.8 Å². The number of cyclic esters (lactones) is 1. The maximum atomic E-state index is 14.3. The number of imide groups is 1. The highest BCUT2D eigenvalue weighted by molar-refractivity contribution is 5.92. The third kappa shape index (κ3) is 5.10. The molecule has 2 aromatic carbocycles. The lowest BCUT2D eigenvalue weighted by Crippen LogP contribution is -2.46. The molecule has 2 N–H and O–H groups in total. The molecule has 2 aromatic rings. The van der Waals surface area contributed by atoms with Gasteiger partial charge in [0.1, 0.15) is 18.5 Å². The number of carbonyl (C=O) groups excluding carboxylic acids is 2. The maximum Gasteiger partial charge on any atom is 0.418 e. The number of nitriles is 1. The molecule has 35 heavy (non-hydrogen) atoms. The van der Waals surface area contributed by atoms with E-state index in [0.29, 0.717) is 37.8 Å². The Morgan fingerprint density at radius 2 is 1.83 bits per heavy atom. The largest absolute Gasteiger partial charge is 0.446 e. The number of halogens is 3. The van der Waals surface area contributed by atoms with Crippen LogP contribution in [-0.2, 0) is 10.2 Å². The van der Waals surface area contributed by atoms with Crippen LogP contribution in [0, 0.1) is 28.8 Å². The van der Waals surface area contributed by atoms with E-state index in [-0.39, 0.29) is 30.6 Å². The summed E-state index contributed by atoms with van der Waals surface area (Å²) in [4.78, 5) is 25.5. The first-order valence-corrected chi connectivity index (χ1v) is 11.4. The van der Waals surface area contributed by atoms with E-state index in [9.17, 15) is 28.0 Å². The van der Waals surface area contributed by atoms with E-state index in [1.54, 1.807) is 18.2 Å². The smallest absolute Gasteiger partial charge is 0.418 e. The molecule has 10 heteroatoms. The van der Waals surface area contributed by atoms with Gasteiger partial charge in [-0.3, -0.25) is 0 Å². The molecule has 0 bridgehead atoms. The summed E-state index contributed by atoms with van der Waals surface area (Å²) in [6.45, 7) is 0.467. The quantitative estimate of drug-likeness (QED) is 0.594. The fourth-order valence-electron chi connectivity index (χ4n) is 4.75. The molecule has 184 valence electrons. The number of hydrogen-bond donors (Lipinski definition) is 2. The molecule has 3 amide bonds. The first-order valence-electron chi connectivity index (χ1n) is 11.4. The van der Waals surface area contributed by atoms with Crippen LogP contribution in [0.15, 0.2) is 42.5 Å². The van der Waals surface area contributed by atoms with Crippen molar-refractivity contribution in [2.24, 2.45) is 0 Å². The zero-order valence-electron chi connectivity index (χ0n) is 18.9. The first kappa shape index (κ1) is 24.5. The fraction of sp³-hybridized carbons (Fsp3) is 0.400. The number of ether oxygens (including phenoxy) is 1. The van der Waals surface area contributed by atoms with E-state index in [1.165, 1.54) is 12.1 Å². The van der Waals surface area contributed by atoms with Gasteiger partial charge in [-0.25, -0.2) is 27.7 Å². The third-order valence-corrected chi connectivity index (χ3v) is 6.70. The molecule has 0 aromatic heterocycles. The number of hydrogen-bond acceptors (Lipinski definition) is 5. The molecule has 1 heterocycles. The standard InChI is InChI=1S/C25H25F3N4O3/c26-19-4-2-1-3-18(19)25(15-29)9-7-17(8-10-25)30-11-12-31-23(33)32-22(14-35-24(32)34)16-5-6-20(27)21(28)13-16/h1-6,13,17,22,30H,7-12,14H2,(H,31,33). The topological polar surface area (TPSA) is 94.5 Å². The molecule has 1 aliphatic heterocycles. The van der Waals surface area contributed by atoms with Crippen molar-refractivity contribution in [2.75, 3.05) is 19.7 Å². The average Bonchev–Trinajstić information content (AvgIpc) is 3.25. The van der Waals surface area contributed by atoms with Gasteiger partial charge in [0.15, 0.2) is 11.6 Å². The lowest BCUT2D eigenvalue weighted by molar-refractivity contribution is 0.158. The van der Waals surface area contributed by atoms with Crippen molar-refractivity contribution in [3.63, 3.8) is 0 Å². The molecule has 2 aliphatic rings. The van der Waals surface area contributed by atoms with Gasteiger partial charge in [-0.1, -0.05) is 24.3 Å². The summed E-state index contributed by atoms with van der Waals surface area (Å²) in [6, 6.07) is 10.4. The van der Waals surface area contributed by atoms with Crippen LogP contribution in [0.25, 0.3) is 0 Å². The summed E-state index contributed by atoms with van der Waals surface area (Å²) in [5.74, 6) is -2.47. The molecule has 0 radical (unpaired) electrons. The summed E-state index contributed by atoms with van der Waals surface area (Å²) in [5.41, 5.74) is -0.162. The second-order valence-corrected chi connectivity index (χ2v) is 8.77. The van der Waals surface area contributed by atoms with Crippen molar-refractivity contribution >= 4 is 12.1 Å². The molecular weight excluding hydrogens is 461 g/mol. The molecular formula is C25H25F3N4O3. The summed E-state index contributed by atoms with van der Waals surface area (Å²) < 4.78 is 46.1. The molecule has 1 atom stereocenters. The van der Waals surface area contributed by atoms with E-state index in [1.807, 2.05) is 0 Å². The Bertz CT molecular complexity index is 1150. The Morgan fingerprint density at radius 1 is 1.09 bits per heavy atom. The van der Waals surface area contributed by atoms with Gasteiger partial charge in [0.25, 0.3) is 0 Å². The highest BCUT2D eigenvalue weighted by Crippen LogP contribution is 2.40. The Labute approximate surface area is 200 Å². The van der Waals surface area contributed by atoms with Crippen molar-refractivity contribution in [3.05, 3.63) is 71.0 Å². The van der Waals surface area contributed by atoms with Gasteiger partial charge in [-0.05, 0) is 49.4 Å². The van der Waals surface area contributed by atoms with Crippen molar-refractivity contribution in [1.82, 2.24) is 15.5 Å². The lowest BCUT2D eigenvalue weighted by atomic mass is 9.69. The summed E-state index contributed by atoms with van der Waals surface area (Å²) in [6.07, 6.45) is 1.52. The summed E-state index contributed by atoms with van der Waals surface area (Å²) in [7, 11) is 0. The molecule has 7 nitrogen and oxygen atoms in total. The number of rotatable bonds is 6. The van der Waals surface area contributed by atoms with Crippen LogP contribution in [0.4, 0.5) is 22.8 Å². The van der Waals surface area contributed by atoms with Gasteiger partial charge in [-0.2, -0.15) is 5.26 Å². The zero-order chi connectivity index (χ0) is 25.0. The molecule has 2 fully saturated rings. The SMILES string of the molecule is N#CC1(c2ccccc2F)CCC(NCCNC(=O)N2C(=O)OCC2c2ccc(F)c(F)c2)CC1. The van der Waals surface area contributed by atoms with Crippen molar-refractivity contribution < 1.29 is 27.5 Å². The molecule has 4 rings (SSSR count). The third-order valence-electron chi connectivity index (χ3n) is 6.70. The lowest BCUT2D eigenvalue weighted by Gasteiger charge is -2.36. The van der Waals surface area contributed by atoms with Crippen molar-refractivity contribution in [1.29, 1.82) is 5.26 Å². The highest BCUT2D eigenvalue weighted by atomic mass is 19.2. The van der Waals surface area contributed by atoms with Crippen LogP contribution in [0.1, 0.15) is 42.9 Å². The predicted octanol–water partition coefficient (Wildman–Crippen LogP) is 4.30. The van der Waals surface area contributed by atoms with Gasteiger partial charge >= 0.3 is 12.1 Å². The molecule has 1 saturated carbocycles. The number of benzene rings is 2. The summed E-state index contributed by atoms with van der Waals surface area (Å²) in [5, 5.41) is 15.7. The predicted molar refractivity (Wildman–Crippen MR) is 120 cm³/mol. The zero-order valence-corrected chi connectivity index (χ0v) is 18.9. The monoisotopic (exact) mass is 486 g/mol. The minimum Gasteiger partial charge on any atom is -0.446 e. The fourth-order valence-corrected chi connectivity index (χ4v) is 4.75. The Kier molecular flexibility index (Phi) is 7.26. The van der Waals surface area contributed by atoms with Gasteiger partial charge in [-0.15, -0.1) is 0 Å². The van der Waals surface area contributed by atoms with E-state index in [4.69, 9.17) is 4.74 Å². The number of nitrogens with one attached hydrogen (secondary N) is 2. The van der Waals surface area contributed by atoms with E-state index in [0.717, 1.165) is 17.0 Å². The Morgan fingerprint density at radius 3 is 2.51 bits per heavy atom. The molecule has 1 aliphatic carbocycles. The van der Waals surface area contributed by atoms with E-state index >= 15 is 0 Å². The molecule has 0 spiro atoms. The van der Waals surface area contributed by atoms with E-state index in [2.05, 4.69) is 16.7 Å². The van der Waals surface area contributed by atoms with Crippen LogP contribution >= 0.6 is 0 Å². The summed E-state index contributed by atoms with van der Waals surface area (Å²) >= 11 is 0. The highest BCUT2D eigenvalue weighted by Gasteiger charge is 2.40. The van der Waals surface area contributed by atoms with Gasteiger partial charge < -0.3 is 15.4 Å². The number of carbonyl (C=O) groups is 2. The van der Waals surface area contributed by atoms with E-state index < -0.39 is 35.2 Å². The molecule has 1 saturated heterocycles. The first-order chi connectivity index (χ1) is 16.8. The average molecular weight is 486 g/mol. The minimum atomic E-state index is -1.07. The van der Waals surface area contributed by atoms with Gasteiger partial charge in [0.2, 0.25) is 0 Å². The van der Waals surface area contributed by atoms with Crippen LogP contribution in [0.2, 0.25) is 0 Å². The normalized spacial score (nSPS) is 24.1. The minimum absolute atomic E-state index is 0.104. The maximum absolute atomic E-state index is 14.3. The Hall–Kier alpha value is -3.58. The molecule has 1 unspecified atom stereocenters. The number of urea groups is 1. The van der Waals surface area contributed by atoms with Gasteiger partial charge in [0.05, 0.1) is 11.5 Å². The Balaban J connectivity index is 1.26. The van der Waals surface area contributed by atoms with Crippen molar-refractivity contribution in [2.45, 2.75) is 43.2 Å². The van der Waals surface area contributed by atoms with Crippen LogP contribution in [0.3, 0.4) is 0 Å². The second-order valence-electron chi connectivity index (χ2n) is 8.77. The van der Waals surface area contributed by atoms with Gasteiger partial charge in [0, 0.05) is 24.7 Å². The van der Waals surface area contributed by atoms with Crippen LogP contribution < -0.4 is 10.6 Å².